The van der Waals surface area contributed by atoms with E-state index >= 15 is 0 Å². The third-order valence-electron chi connectivity index (χ3n) is 5.48. The second-order valence-electron chi connectivity index (χ2n) is 8.07. The van der Waals surface area contributed by atoms with E-state index in [-0.39, 0.29) is 30.3 Å². The van der Waals surface area contributed by atoms with Crippen molar-refractivity contribution in [2.75, 3.05) is 16.8 Å². The Morgan fingerprint density at radius 3 is 2.35 bits per heavy atom. The van der Waals surface area contributed by atoms with E-state index in [0.29, 0.717) is 18.0 Å². The van der Waals surface area contributed by atoms with Crippen molar-refractivity contribution in [3.63, 3.8) is 0 Å². The van der Waals surface area contributed by atoms with E-state index in [4.69, 9.17) is 4.74 Å². The van der Waals surface area contributed by atoms with Crippen LogP contribution >= 0.6 is 0 Å². The number of benzene rings is 2. The van der Waals surface area contributed by atoms with E-state index < -0.39 is 6.04 Å². The summed E-state index contributed by atoms with van der Waals surface area (Å²) < 4.78 is 5.55. The van der Waals surface area contributed by atoms with E-state index in [1.165, 1.54) is 4.90 Å². The predicted molar refractivity (Wildman–Crippen MR) is 118 cm³/mol. The first kappa shape index (κ1) is 20.9. The van der Waals surface area contributed by atoms with Gasteiger partial charge < -0.3 is 15.0 Å². The second-order valence-corrected chi connectivity index (χ2v) is 8.07. The number of ether oxygens (including phenoxy) is 1. The predicted octanol–water partition coefficient (Wildman–Crippen LogP) is 4.11. The molecule has 1 atom stereocenters. The van der Waals surface area contributed by atoms with Crippen molar-refractivity contribution in [3.8, 4) is 5.75 Å². The van der Waals surface area contributed by atoms with E-state index in [9.17, 15) is 14.4 Å². The molecular formula is C24H27N3O4. The van der Waals surface area contributed by atoms with E-state index in [1.807, 2.05) is 26.0 Å². The SMILES string of the molecule is CCCOc1ccc(NC(=O)CC2C(=O)N(c3ccc(C)cc3)C(=O)N2C2CC2)cc1. The zero-order valence-electron chi connectivity index (χ0n) is 17.8. The Hall–Kier alpha value is -3.35. The molecule has 162 valence electrons. The van der Waals surface area contributed by atoms with Gasteiger partial charge in [0.15, 0.2) is 0 Å². The van der Waals surface area contributed by atoms with Crippen LogP contribution in [0.1, 0.15) is 38.2 Å². The van der Waals surface area contributed by atoms with Crippen molar-refractivity contribution in [2.45, 2.75) is 51.6 Å². The quantitative estimate of drug-likeness (QED) is 0.651. The summed E-state index contributed by atoms with van der Waals surface area (Å²) in [5.41, 5.74) is 2.21. The summed E-state index contributed by atoms with van der Waals surface area (Å²) in [5, 5.41) is 2.83. The van der Waals surface area contributed by atoms with Gasteiger partial charge in [-0.3, -0.25) is 9.59 Å². The van der Waals surface area contributed by atoms with Crippen LogP contribution in [0.4, 0.5) is 16.2 Å². The maximum atomic E-state index is 13.1. The van der Waals surface area contributed by atoms with Crippen LogP contribution in [0.3, 0.4) is 0 Å². The molecule has 4 rings (SSSR count). The molecule has 0 aromatic heterocycles. The van der Waals surface area contributed by atoms with Crippen molar-refractivity contribution in [2.24, 2.45) is 0 Å². The van der Waals surface area contributed by atoms with Crippen molar-refractivity contribution in [3.05, 3.63) is 54.1 Å². The number of aryl methyl sites for hydroxylation is 1. The third-order valence-corrected chi connectivity index (χ3v) is 5.48. The van der Waals surface area contributed by atoms with Crippen LogP contribution in [0.2, 0.25) is 0 Å². The van der Waals surface area contributed by atoms with Crippen molar-refractivity contribution in [1.29, 1.82) is 0 Å². The summed E-state index contributed by atoms with van der Waals surface area (Å²) in [5.74, 6) is 0.0917. The number of carbonyl (C=O) groups excluding carboxylic acids is 3. The van der Waals surface area contributed by atoms with Gasteiger partial charge in [0.1, 0.15) is 11.8 Å². The largest absolute Gasteiger partial charge is 0.494 e. The zero-order valence-corrected chi connectivity index (χ0v) is 17.8. The van der Waals surface area contributed by atoms with E-state index in [2.05, 4.69) is 5.32 Å². The molecule has 2 aromatic rings. The summed E-state index contributed by atoms with van der Waals surface area (Å²) in [6.45, 7) is 4.62. The van der Waals surface area contributed by atoms with Crippen molar-refractivity contribution in [1.82, 2.24) is 4.90 Å². The number of hydrogen-bond donors (Lipinski definition) is 1. The van der Waals surface area contributed by atoms with Crippen LogP contribution in [0, 0.1) is 6.92 Å². The normalized spacial score (nSPS) is 18.5. The highest BCUT2D eigenvalue weighted by Gasteiger charge is 2.51. The number of hydrogen-bond acceptors (Lipinski definition) is 4. The average Bonchev–Trinajstić information content (AvgIpc) is 3.56. The van der Waals surface area contributed by atoms with E-state index in [1.54, 1.807) is 41.3 Å². The lowest BCUT2D eigenvalue weighted by atomic mass is 10.1. The molecule has 1 saturated carbocycles. The molecule has 7 heteroatoms. The minimum absolute atomic E-state index is 0.0275. The molecule has 1 heterocycles. The third kappa shape index (κ3) is 4.55. The molecule has 2 fully saturated rings. The van der Waals surface area contributed by atoms with Crippen LogP contribution in [0.15, 0.2) is 48.5 Å². The monoisotopic (exact) mass is 421 g/mol. The highest BCUT2D eigenvalue weighted by molar-refractivity contribution is 6.22. The molecular weight excluding hydrogens is 394 g/mol. The summed E-state index contributed by atoms with van der Waals surface area (Å²) in [6.07, 6.45) is 2.57. The first-order valence-electron chi connectivity index (χ1n) is 10.7. The molecule has 31 heavy (non-hydrogen) atoms. The number of imide groups is 1. The fourth-order valence-corrected chi connectivity index (χ4v) is 3.73. The smallest absolute Gasteiger partial charge is 0.332 e. The molecule has 1 saturated heterocycles. The number of anilines is 2. The topological polar surface area (TPSA) is 79.0 Å². The number of amides is 4. The Kier molecular flexibility index (Phi) is 5.93. The molecule has 1 aliphatic heterocycles. The standard InChI is InChI=1S/C24H27N3O4/c1-3-14-31-20-12-6-17(7-13-20)25-22(28)15-21-23(29)27(19-8-4-16(2)5-9-19)24(30)26(21)18-10-11-18/h4-9,12-13,18,21H,3,10-11,14-15H2,1-2H3,(H,25,28). The van der Waals surface area contributed by atoms with Gasteiger partial charge in [-0.05, 0) is 62.6 Å². The van der Waals surface area contributed by atoms with Gasteiger partial charge in [-0.15, -0.1) is 0 Å². The van der Waals surface area contributed by atoms with Gasteiger partial charge in [-0.2, -0.15) is 0 Å². The number of nitrogens with zero attached hydrogens (tertiary/aromatic N) is 2. The fraction of sp³-hybridized carbons (Fsp3) is 0.375. The number of carbonyl (C=O) groups is 3. The number of rotatable bonds is 8. The minimum atomic E-state index is -0.784. The Morgan fingerprint density at radius 1 is 1.06 bits per heavy atom. The van der Waals surface area contributed by atoms with Crippen LogP contribution < -0.4 is 15.0 Å². The summed E-state index contributed by atoms with van der Waals surface area (Å²) in [7, 11) is 0. The molecule has 1 N–H and O–H groups in total. The lowest BCUT2D eigenvalue weighted by Crippen LogP contribution is -2.39. The maximum absolute atomic E-state index is 13.1. The molecule has 1 aliphatic carbocycles. The molecule has 0 bridgehead atoms. The molecule has 4 amide bonds. The Bertz CT molecular complexity index is 967. The van der Waals surface area contributed by atoms with Gasteiger partial charge in [0.25, 0.3) is 5.91 Å². The Labute approximate surface area is 182 Å². The average molecular weight is 421 g/mol. The highest BCUT2D eigenvalue weighted by Crippen LogP contribution is 2.36. The molecule has 1 unspecified atom stereocenters. The molecule has 0 spiro atoms. The second kappa shape index (κ2) is 8.79. The minimum Gasteiger partial charge on any atom is -0.494 e. The van der Waals surface area contributed by atoms with Gasteiger partial charge in [-0.1, -0.05) is 24.6 Å². The molecule has 7 nitrogen and oxygen atoms in total. The first-order valence-corrected chi connectivity index (χ1v) is 10.7. The molecule has 2 aromatic carbocycles. The van der Waals surface area contributed by atoms with Gasteiger partial charge in [0, 0.05) is 11.7 Å². The first-order chi connectivity index (χ1) is 15.0. The Balaban J connectivity index is 1.46. The summed E-state index contributed by atoms with van der Waals surface area (Å²) in [6, 6.07) is 13.3. The fourth-order valence-electron chi connectivity index (χ4n) is 3.73. The molecule has 2 aliphatic rings. The van der Waals surface area contributed by atoms with Gasteiger partial charge in [0.2, 0.25) is 5.91 Å². The number of urea groups is 1. The highest BCUT2D eigenvalue weighted by atomic mass is 16.5. The lowest BCUT2D eigenvalue weighted by Gasteiger charge is -2.21. The van der Waals surface area contributed by atoms with Crippen LogP contribution in [0.5, 0.6) is 5.75 Å². The van der Waals surface area contributed by atoms with Crippen molar-refractivity contribution >= 4 is 29.2 Å². The zero-order chi connectivity index (χ0) is 22.0. The van der Waals surface area contributed by atoms with Crippen molar-refractivity contribution < 1.29 is 19.1 Å². The maximum Gasteiger partial charge on any atom is 0.332 e. The van der Waals surface area contributed by atoms with Crippen LogP contribution in [0.25, 0.3) is 0 Å². The van der Waals surface area contributed by atoms with Crippen LogP contribution in [-0.4, -0.2) is 41.4 Å². The van der Waals surface area contributed by atoms with Gasteiger partial charge >= 0.3 is 6.03 Å². The summed E-state index contributed by atoms with van der Waals surface area (Å²) >= 11 is 0. The van der Waals surface area contributed by atoms with Crippen LogP contribution in [-0.2, 0) is 9.59 Å². The Morgan fingerprint density at radius 2 is 1.74 bits per heavy atom. The molecule has 0 radical (unpaired) electrons. The van der Waals surface area contributed by atoms with Gasteiger partial charge in [-0.25, -0.2) is 9.69 Å². The number of nitrogens with one attached hydrogen (secondary N) is 1. The lowest BCUT2D eigenvalue weighted by molar-refractivity contribution is -0.124. The van der Waals surface area contributed by atoms with E-state index in [0.717, 1.165) is 30.6 Å². The van der Waals surface area contributed by atoms with Gasteiger partial charge in [0.05, 0.1) is 18.7 Å². The summed E-state index contributed by atoms with van der Waals surface area (Å²) in [4.78, 5) is 41.7.